The van der Waals surface area contributed by atoms with Crippen LogP contribution in [0, 0.1) is 0 Å². The number of carbonyl (C=O) groups excluding carboxylic acids is 1. The van der Waals surface area contributed by atoms with Crippen LogP contribution in [-0.4, -0.2) is 33.9 Å². The summed E-state index contributed by atoms with van der Waals surface area (Å²) in [7, 11) is 0. The minimum atomic E-state index is 0.136. The summed E-state index contributed by atoms with van der Waals surface area (Å²) in [5.41, 5.74) is 2.05. The molecule has 3 heterocycles. The van der Waals surface area contributed by atoms with E-state index in [-0.39, 0.29) is 11.8 Å². The molecule has 1 aliphatic heterocycles. The Morgan fingerprint density at radius 2 is 2.00 bits per heavy atom. The zero-order valence-electron chi connectivity index (χ0n) is 13.8. The number of likely N-dealkylation sites (tertiary alicyclic amines) is 1. The third-order valence-corrected chi connectivity index (χ3v) is 5.43. The van der Waals surface area contributed by atoms with Crippen LogP contribution in [0.5, 0.6) is 0 Å². The fraction of sp³-hybridized carbons (Fsp3) is 0.250. The zero-order chi connectivity index (χ0) is 17.1. The first-order chi connectivity index (χ1) is 12.3. The molecule has 0 N–H and O–H groups in total. The Labute approximate surface area is 151 Å². The third kappa shape index (κ3) is 3.46. The number of carbonyl (C=O) groups is 1. The molecular formula is C20H19N3OS. The first-order valence-corrected chi connectivity index (χ1v) is 9.40. The van der Waals surface area contributed by atoms with Crippen LogP contribution in [0.15, 0.2) is 60.1 Å². The lowest BCUT2D eigenvalue weighted by Crippen LogP contribution is -2.39. The van der Waals surface area contributed by atoms with Crippen molar-refractivity contribution >= 4 is 17.2 Å². The molecule has 1 saturated heterocycles. The van der Waals surface area contributed by atoms with E-state index in [1.807, 2.05) is 65.0 Å². The molecule has 5 heteroatoms. The summed E-state index contributed by atoms with van der Waals surface area (Å²) in [5.74, 6) is 1.15. The topological polar surface area (TPSA) is 46.1 Å². The Morgan fingerprint density at radius 1 is 1.12 bits per heavy atom. The lowest BCUT2D eigenvalue weighted by molar-refractivity contribution is 0.0711. The second-order valence-electron chi connectivity index (χ2n) is 6.24. The van der Waals surface area contributed by atoms with E-state index in [1.165, 1.54) is 11.3 Å². The molecule has 0 spiro atoms. The highest BCUT2D eigenvalue weighted by Gasteiger charge is 2.27. The van der Waals surface area contributed by atoms with Crippen molar-refractivity contribution in [3.05, 3.63) is 70.7 Å². The van der Waals surface area contributed by atoms with Crippen LogP contribution in [0.1, 0.15) is 34.1 Å². The average Bonchev–Trinajstić information content (AvgIpc) is 3.23. The van der Waals surface area contributed by atoms with Gasteiger partial charge in [0.25, 0.3) is 5.91 Å². The molecule has 4 nitrogen and oxygen atoms in total. The molecule has 3 aromatic rings. The molecule has 0 saturated carbocycles. The predicted molar refractivity (Wildman–Crippen MR) is 99.7 cm³/mol. The fourth-order valence-electron chi connectivity index (χ4n) is 3.29. The van der Waals surface area contributed by atoms with Crippen molar-refractivity contribution in [3.8, 4) is 11.4 Å². The molecule has 1 fully saturated rings. The van der Waals surface area contributed by atoms with Crippen LogP contribution in [-0.2, 0) is 0 Å². The standard InChI is InChI=1S/C20H19N3OS/c24-20(18-9-5-13-25-18)23-12-4-8-16(14-23)17-10-11-21-19(22-17)15-6-2-1-3-7-15/h1-3,5-7,9-11,13,16H,4,8,12,14H2/t16-/m0/s1. The zero-order valence-corrected chi connectivity index (χ0v) is 14.7. The van der Waals surface area contributed by atoms with E-state index in [2.05, 4.69) is 4.98 Å². The van der Waals surface area contributed by atoms with E-state index in [9.17, 15) is 4.79 Å². The van der Waals surface area contributed by atoms with Gasteiger partial charge in [-0.05, 0) is 30.4 Å². The quantitative estimate of drug-likeness (QED) is 0.711. The monoisotopic (exact) mass is 349 g/mol. The largest absolute Gasteiger partial charge is 0.337 e. The Kier molecular flexibility index (Phi) is 4.57. The number of thiophene rings is 1. The van der Waals surface area contributed by atoms with Gasteiger partial charge < -0.3 is 4.90 Å². The van der Waals surface area contributed by atoms with Gasteiger partial charge in [0.1, 0.15) is 0 Å². The molecule has 0 radical (unpaired) electrons. The normalized spacial score (nSPS) is 17.4. The summed E-state index contributed by atoms with van der Waals surface area (Å²) in [4.78, 5) is 24.6. The highest BCUT2D eigenvalue weighted by molar-refractivity contribution is 7.12. The summed E-state index contributed by atoms with van der Waals surface area (Å²) in [6.07, 6.45) is 3.89. The Balaban J connectivity index is 1.55. The summed E-state index contributed by atoms with van der Waals surface area (Å²) in [6.45, 7) is 1.55. The number of piperidine rings is 1. The van der Waals surface area contributed by atoms with Crippen molar-refractivity contribution in [3.63, 3.8) is 0 Å². The first-order valence-electron chi connectivity index (χ1n) is 8.52. The first kappa shape index (κ1) is 16.0. The second-order valence-corrected chi connectivity index (χ2v) is 7.19. The van der Waals surface area contributed by atoms with Crippen LogP contribution >= 0.6 is 11.3 Å². The smallest absolute Gasteiger partial charge is 0.263 e. The molecule has 1 aliphatic rings. The highest BCUT2D eigenvalue weighted by atomic mass is 32.1. The number of hydrogen-bond acceptors (Lipinski definition) is 4. The van der Waals surface area contributed by atoms with Gasteiger partial charge in [-0.3, -0.25) is 4.79 Å². The average molecular weight is 349 g/mol. The summed E-state index contributed by atoms with van der Waals surface area (Å²) in [6, 6.07) is 15.8. The van der Waals surface area contributed by atoms with Gasteiger partial charge in [-0.15, -0.1) is 11.3 Å². The number of rotatable bonds is 3. The van der Waals surface area contributed by atoms with Crippen LogP contribution < -0.4 is 0 Å². The SMILES string of the molecule is O=C(c1cccs1)N1CCC[C@H](c2ccnc(-c3ccccc3)n2)C1. The summed E-state index contributed by atoms with van der Waals surface area (Å²) < 4.78 is 0. The molecule has 126 valence electrons. The number of aromatic nitrogens is 2. The van der Waals surface area contributed by atoms with Crippen molar-refractivity contribution in [2.24, 2.45) is 0 Å². The van der Waals surface area contributed by atoms with Crippen LogP contribution in [0.3, 0.4) is 0 Å². The van der Waals surface area contributed by atoms with Crippen molar-refractivity contribution in [2.75, 3.05) is 13.1 Å². The summed E-state index contributed by atoms with van der Waals surface area (Å²) in [5, 5.41) is 1.95. The molecule has 0 bridgehead atoms. The van der Waals surface area contributed by atoms with E-state index < -0.39 is 0 Å². The van der Waals surface area contributed by atoms with E-state index >= 15 is 0 Å². The van der Waals surface area contributed by atoms with Gasteiger partial charge in [0.05, 0.1) is 4.88 Å². The second kappa shape index (κ2) is 7.15. The molecule has 1 aromatic carbocycles. The Hall–Kier alpha value is -2.53. The van der Waals surface area contributed by atoms with Gasteiger partial charge >= 0.3 is 0 Å². The van der Waals surface area contributed by atoms with E-state index in [1.54, 1.807) is 0 Å². The molecule has 25 heavy (non-hydrogen) atoms. The van der Waals surface area contributed by atoms with Gasteiger partial charge in [-0.1, -0.05) is 36.4 Å². The minimum Gasteiger partial charge on any atom is -0.337 e. The van der Waals surface area contributed by atoms with E-state index in [0.717, 1.165) is 47.9 Å². The lowest BCUT2D eigenvalue weighted by Gasteiger charge is -2.32. The lowest BCUT2D eigenvalue weighted by atomic mass is 9.94. The molecule has 2 aromatic heterocycles. The Bertz CT molecular complexity index is 848. The molecular weight excluding hydrogens is 330 g/mol. The van der Waals surface area contributed by atoms with Crippen LogP contribution in [0.2, 0.25) is 0 Å². The van der Waals surface area contributed by atoms with Crippen molar-refractivity contribution < 1.29 is 4.79 Å². The van der Waals surface area contributed by atoms with E-state index in [4.69, 9.17) is 4.98 Å². The highest BCUT2D eigenvalue weighted by Crippen LogP contribution is 2.28. The number of benzene rings is 1. The minimum absolute atomic E-state index is 0.136. The maximum absolute atomic E-state index is 12.6. The Morgan fingerprint density at radius 3 is 2.80 bits per heavy atom. The van der Waals surface area contributed by atoms with Crippen molar-refractivity contribution in [2.45, 2.75) is 18.8 Å². The van der Waals surface area contributed by atoms with Gasteiger partial charge in [0.2, 0.25) is 0 Å². The van der Waals surface area contributed by atoms with Gasteiger partial charge in [-0.2, -0.15) is 0 Å². The number of nitrogens with zero attached hydrogens (tertiary/aromatic N) is 3. The van der Waals surface area contributed by atoms with Crippen molar-refractivity contribution in [1.82, 2.24) is 14.9 Å². The number of hydrogen-bond donors (Lipinski definition) is 0. The van der Waals surface area contributed by atoms with Gasteiger partial charge in [0.15, 0.2) is 5.82 Å². The fourth-order valence-corrected chi connectivity index (χ4v) is 3.98. The number of amides is 1. The van der Waals surface area contributed by atoms with Gasteiger partial charge in [-0.25, -0.2) is 9.97 Å². The van der Waals surface area contributed by atoms with Crippen LogP contribution in [0.25, 0.3) is 11.4 Å². The molecule has 0 aliphatic carbocycles. The van der Waals surface area contributed by atoms with Gasteiger partial charge in [0, 0.05) is 36.5 Å². The maximum Gasteiger partial charge on any atom is 0.263 e. The van der Waals surface area contributed by atoms with Crippen LogP contribution in [0.4, 0.5) is 0 Å². The molecule has 4 rings (SSSR count). The molecule has 0 unspecified atom stereocenters. The molecule has 1 amide bonds. The summed E-state index contributed by atoms with van der Waals surface area (Å²) >= 11 is 1.50. The molecule has 1 atom stereocenters. The predicted octanol–water partition coefficient (Wildman–Crippen LogP) is 4.22. The van der Waals surface area contributed by atoms with E-state index in [0.29, 0.717) is 0 Å². The third-order valence-electron chi connectivity index (χ3n) is 4.57. The van der Waals surface area contributed by atoms with Crippen molar-refractivity contribution in [1.29, 1.82) is 0 Å². The maximum atomic E-state index is 12.6.